The van der Waals surface area contributed by atoms with Gasteiger partial charge in [-0.05, 0) is 25.8 Å². The lowest BCUT2D eigenvalue weighted by Gasteiger charge is -2.36. The van der Waals surface area contributed by atoms with Gasteiger partial charge >= 0.3 is 0 Å². The van der Waals surface area contributed by atoms with Crippen molar-refractivity contribution in [3.63, 3.8) is 0 Å². The molecule has 1 aliphatic heterocycles. The summed E-state index contributed by atoms with van der Waals surface area (Å²) in [6, 6.07) is -0.145. The summed E-state index contributed by atoms with van der Waals surface area (Å²) < 4.78 is 65.8. The molecule has 1 aromatic rings. The third kappa shape index (κ3) is 3.07. The molecule has 0 amide bonds. The van der Waals surface area contributed by atoms with Crippen molar-refractivity contribution in [2.45, 2.75) is 43.2 Å². The molecule has 118 valence electrons. The molecule has 2 atom stereocenters. The summed E-state index contributed by atoms with van der Waals surface area (Å²) in [4.78, 5) is -0.908. The monoisotopic (exact) mass is 323 g/mol. The van der Waals surface area contributed by atoms with Crippen molar-refractivity contribution in [1.82, 2.24) is 4.31 Å². The summed E-state index contributed by atoms with van der Waals surface area (Å²) in [6.45, 7) is 1.55. The predicted octanol–water partition coefficient (Wildman–Crippen LogP) is 2.03. The van der Waals surface area contributed by atoms with Crippen LogP contribution in [0.1, 0.15) is 26.2 Å². The maximum atomic E-state index is 13.7. The maximum Gasteiger partial charge on any atom is 0.246 e. The minimum Gasteiger partial charge on any atom is -0.392 e. The van der Waals surface area contributed by atoms with Crippen LogP contribution in [0, 0.1) is 17.5 Å². The lowest BCUT2D eigenvalue weighted by molar-refractivity contribution is 0.0829. The van der Waals surface area contributed by atoms with E-state index in [1.807, 2.05) is 0 Å². The van der Waals surface area contributed by atoms with E-state index >= 15 is 0 Å². The molecular formula is C13H16F3NO3S. The van der Waals surface area contributed by atoms with E-state index in [9.17, 15) is 26.7 Å². The fraction of sp³-hybridized carbons (Fsp3) is 0.538. The third-order valence-corrected chi connectivity index (χ3v) is 5.56. The van der Waals surface area contributed by atoms with Crippen molar-refractivity contribution >= 4 is 10.0 Å². The molecule has 2 rings (SSSR count). The molecule has 0 spiro atoms. The normalized spacial score (nSPS) is 22.2. The number of halogens is 3. The molecule has 1 aromatic carbocycles. The van der Waals surface area contributed by atoms with E-state index < -0.39 is 44.5 Å². The number of sulfonamides is 1. The number of rotatable bonds is 3. The Labute approximate surface area is 121 Å². The smallest absolute Gasteiger partial charge is 0.246 e. The van der Waals surface area contributed by atoms with E-state index in [4.69, 9.17) is 0 Å². The van der Waals surface area contributed by atoms with E-state index in [0.29, 0.717) is 18.9 Å². The van der Waals surface area contributed by atoms with Crippen molar-refractivity contribution in [3.05, 3.63) is 29.6 Å². The molecule has 1 saturated heterocycles. The van der Waals surface area contributed by atoms with Gasteiger partial charge in [-0.3, -0.25) is 0 Å². The second kappa shape index (κ2) is 5.94. The Hall–Kier alpha value is -1.12. The molecule has 0 saturated carbocycles. The highest BCUT2D eigenvalue weighted by atomic mass is 32.2. The standard InChI is InChI=1S/C13H16F3NO3S/c1-8(18)12-4-2-3-5-17(12)21(19,20)13-7-10(15)9(14)6-11(13)16/h6-8,12,18H,2-5H2,1H3. The molecule has 0 radical (unpaired) electrons. The SMILES string of the molecule is CC(O)C1CCCCN1S(=O)(=O)c1cc(F)c(F)cc1F. The molecule has 0 bridgehead atoms. The summed E-state index contributed by atoms with van der Waals surface area (Å²) in [5.74, 6) is -4.22. The Kier molecular flexibility index (Phi) is 4.60. The van der Waals surface area contributed by atoms with Gasteiger partial charge in [0.2, 0.25) is 10.0 Å². The fourth-order valence-electron chi connectivity index (χ4n) is 2.54. The van der Waals surface area contributed by atoms with Crippen LogP contribution in [0.4, 0.5) is 13.2 Å². The average Bonchev–Trinajstić information content (AvgIpc) is 2.42. The molecule has 1 heterocycles. The second-order valence-corrected chi connectivity index (χ2v) is 6.98. The van der Waals surface area contributed by atoms with Crippen LogP contribution in [0.25, 0.3) is 0 Å². The molecular weight excluding hydrogens is 307 g/mol. The van der Waals surface area contributed by atoms with Gasteiger partial charge in [-0.1, -0.05) is 6.42 Å². The number of aliphatic hydroxyl groups excluding tert-OH is 1. The number of aliphatic hydroxyl groups is 1. The molecule has 2 unspecified atom stereocenters. The van der Waals surface area contributed by atoms with Gasteiger partial charge in [0.05, 0.1) is 12.1 Å². The first-order valence-corrected chi connectivity index (χ1v) is 8.03. The van der Waals surface area contributed by atoms with E-state index in [-0.39, 0.29) is 12.6 Å². The molecule has 8 heteroatoms. The van der Waals surface area contributed by atoms with Crippen LogP contribution < -0.4 is 0 Å². The predicted molar refractivity (Wildman–Crippen MR) is 69.5 cm³/mol. The number of hydrogen-bond acceptors (Lipinski definition) is 3. The van der Waals surface area contributed by atoms with Crippen LogP contribution in [0.5, 0.6) is 0 Å². The Bertz CT molecular complexity index is 634. The van der Waals surface area contributed by atoms with E-state index in [2.05, 4.69) is 0 Å². The Morgan fingerprint density at radius 3 is 2.43 bits per heavy atom. The number of benzene rings is 1. The molecule has 1 N–H and O–H groups in total. The van der Waals surface area contributed by atoms with Crippen LogP contribution in [-0.2, 0) is 10.0 Å². The van der Waals surface area contributed by atoms with E-state index in [0.717, 1.165) is 10.7 Å². The van der Waals surface area contributed by atoms with Crippen molar-refractivity contribution in [2.24, 2.45) is 0 Å². The quantitative estimate of drug-likeness (QED) is 0.866. The lowest BCUT2D eigenvalue weighted by atomic mass is 10.0. The average molecular weight is 323 g/mol. The lowest BCUT2D eigenvalue weighted by Crippen LogP contribution is -2.48. The van der Waals surface area contributed by atoms with Gasteiger partial charge in [0, 0.05) is 12.6 Å². The van der Waals surface area contributed by atoms with Gasteiger partial charge in [0.15, 0.2) is 11.6 Å². The highest BCUT2D eigenvalue weighted by molar-refractivity contribution is 7.89. The van der Waals surface area contributed by atoms with Crippen molar-refractivity contribution in [3.8, 4) is 0 Å². The fourth-order valence-corrected chi connectivity index (χ4v) is 4.36. The minimum atomic E-state index is -4.33. The molecule has 21 heavy (non-hydrogen) atoms. The number of piperidine rings is 1. The number of nitrogens with zero attached hydrogens (tertiary/aromatic N) is 1. The molecule has 1 aliphatic rings. The molecule has 4 nitrogen and oxygen atoms in total. The molecule has 1 fully saturated rings. The van der Waals surface area contributed by atoms with Crippen LogP contribution in [0.15, 0.2) is 17.0 Å². The van der Waals surface area contributed by atoms with Gasteiger partial charge < -0.3 is 5.11 Å². The van der Waals surface area contributed by atoms with E-state index in [1.54, 1.807) is 0 Å². The Morgan fingerprint density at radius 1 is 1.19 bits per heavy atom. The van der Waals surface area contributed by atoms with Gasteiger partial charge in [-0.15, -0.1) is 0 Å². The molecule has 0 aliphatic carbocycles. The topological polar surface area (TPSA) is 57.6 Å². The van der Waals surface area contributed by atoms with Gasteiger partial charge in [-0.25, -0.2) is 21.6 Å². The van der Waals surface area contributed by atoms with Crippen molar-refractivity contribution in [1.29, 1.82) is 0 Å². The largest absolute Gasteiger partial charge is 0.392 e. The summed E-state index contributed by atoms with van der Waals surface area (Å²) in [6.07, 6.45) is 0.797. The Balaban J connectivity index is 2.48. The van der Waals surface area contributed by atoms with Crippen molar-refractivity contribution < 1.29 is 26.7 Å². The zero-order valence-electron chi connectivity index (χ0n) is 11.4. The first kappa shape index (κ1) is 16.3. The zero-order valence-corrected chi connectivity index (χ0v) is 12.2. The third-order valence-electron chi connectivity index (χ3n) is 3.62. The summed E-state index contributed by atoms with van der Waals surface area (Å²) in [5, 5.41) is 9.69. The van der Waals surface area contributed by atoms with Crippen molar-refractivity contribution in [2.75, 3.05) is 6.54 Å². The van der Waals surface area contributed by atoms with Gasteiger partial charge in [0.25, 0.3) is 0 Å². The van der Waals surface area contributed by atoms with Gasteiger partial charge in [-0.2, -0.15) is 4.31 Å². The second-order valence-electron chi connectivity index (χ2n) is 5.12. The van der Waals surface area contributed by atoms with Crippen LogP contribution in [0.3, 0.4) is 0 Å². The summed E-state index contributed by atoms with van der Waals surface area (Å²) in [5.41, 5.74) is 0. The zero-order chi connectivity index (χ0) is 15.8. The highest BCUT2D eigenvalue weighted by Gasteiger charge is 2.37. The first-order valence-electron chi connectivity index (χ1n) is 6.59. The summed E-state index contributed by atoms with van der Waals surface area (Å²) >= 11 is 0. The molecule has 0 aromatic heterocycles. The van der Waals surface area contributed by atoms with E-state index in [1.165, 1.54) is 6.92 Å². The van der Waals surface area contributed by atoms with Crippen LogP contribution in [0.2, 0.25) is 0 Å². The summed E-state index contributed by atoms with van der Waals surface area (Å²) in [7, 11) is -4.33. The Morgan fingerprint density at radius 2 is 1.81 bits per heavy atom. The highest BCUT2D eigenvalue weighted by Crippen LogP contribution is 2.29. The van der Waals surface area contributed by atoms with Crippen LogP contribution >= 0.6 is 0 Å². The minimum absolute atomic E-state index is 0.107. The number of hydrogen-bond donors (Lipinski definition) is 1. The van der Waals surface area contributed by atoms with Crippen LogP contribution in [-0.4, -0.2) is 36.5 Å². The maximum absolute atomic E-state index is 13.7. The van der Waals surface area contributed by atoms with Gasteiger partial charge in [0.1, 0.15) is 10.7 Å². The first-order chi connectivity index (χ1) is 9.75.